The lowest BCUT2D eigenvalue weighted by atomic mass is 10.0. The molecule has 1 unspecified atom stereocenters. The van der Waals surface area contributed by atoms with E-state index >= 15 is 0 Å². The molecule has 1 N–H and O–H groups in total. The van der Waals surface area contributed by atoms with E-state index < -0.39 is 0 Å². The van der Waals surface area contributed by atoms with E-state index in [1.54, 1.807) is 4.90 Å². The second-order valence-electron chi connectivity index (χ2n) is 2.57. The molecule has 0 aromatic carbocycles. The molecule has 0 aromatic heterocycles. The average molecular weight is 127 g/mol. The lowest BCUT2D eigenvalue weighted by Crippen LogP contribution is -2.37. The smallest absolute Gasteiger partial charge is 0.0587 e. The van der Waals surface area contributed by atoms with Gasteiger partial charge >= 0.3 is 0 Å². The van der Waals surface area contributed by atoms with E-state index in [1.165, 1.54) is 12.8 Å². The Morgan fingerprint density at radius 3 is 2.78 bits per heavy atom. The lowest BCUT2D eigenvalue weighted by Gasteiger charge is -2.30. The van der Waals surface area contributed by atoms with Gasteiger partial charge in [-0.1, -0.05) is 6.42 Å². The highest BCUT2D eigenvalue weighted by molar-refractivity contribution is 4.74. The van der Waals surface area contributed by atoms with E-state index in [1.807, 2.05) is 0 Å². The van der Waals surface area contributed by atoms with Gasteiger partial charge in [-0.15, -0.1) is 0 Å². The van der Waals surface area contributed by atoms with Gasteiger partial charge in [0.15, 0.2) is 0 Å². The third-order valence-electron chi connectivity index (χ3n) is 1.88. The topological polar surface area (TPSA) is 23.5 Å². The Kier molecular flexibility index (Phi) is 2.49. The molecule has 0 amide bonds. The zero-order valence-electron chi connectivity index (χ0n) is 5.58. The molecule has 0 aromatic rings. The van der Waals surface area contributed by atoms with Gasteiger partial charge in [0.05, 0.1) is 6.61 Å². The van der Waals surface area contributed by atoms with Gasteiger partial charge in [-0.25, -0.2) is 0 Å². The molecular formula is C7H13NO. The van der Waals surface area contributed by atoms with Crippen LogP contribution in [0.4, 0.5) is 0 Å². The van der Waals surface area contributed by atoms with Gasteiger partial charge in [0, 0.05) is 13.1 Å². The van der Waals surface area contributed by atoms with Crippen molar-refractivity contribution in [2.75, 3.05) is 13.2 Å². The van der Waals surface area contributed by atoms with Crippen molar-refractivity contribution < 1.29 is 5.11 Å². The minimum absolute atomic E-state index is 0.205. The van der Waals surface area contributed by atoms with Crippen molar-refractivity contribution in [2.24, 2.45) is 0 Å². The highest BCUT2D eigenvalue weighted by atomic mass is 16.3. The number of likely N-dealkylation sites (tertiary alicyclic amines) is 1. The molecule has 1 saturated heterocycles. The Labute approximate surface area is 56.5 Å². The van der Waals surface area contributed by atoms with E-state index in [2.05, 4.69) is 0 Å². The highest BCUT2D eigenvalue weighted by Crippen LogP contribution is 2.14. The summed E-state index contributed by atoms with van der Waals surface area (Å²) in [6.07, 6.45) is 3.43. The summed E-state index contributed by atoms with van der Waals surface area (Å²) in [7, 11) is 5.56. The molecule has 0 saturated carbocycles. The summed E-state index contributed by atoms with van der Waals surface area (Å²) in [5, 5.41) is 8.74. The van der Waals surface area contributed by atoms with Crippen molar-refractivity contribution >= 4 is 0 Å². The van der Waals surface area contributed by atoms with Crippen LogP contribution in [0, 0.1) is 7.05 Å². The Hall–Kier alpha value is -0.0800. The summed E-state index contributed by atoms with van der Waals surface area (Å²) in [4.78, 5) is 1.74. The monoisotopic (exact) mass is 127 g/mol. The van der Waals surface area contributed by atoms with Crippen LogP contribution in [0.1, 0.15) is 19.3 Å². The second-order valence-corrected chi connectivity index (χ2v) is 2.57. The maximum Gasteiger partial charge on any atom is 0.0587 e. The summed E-state index contributed by atoms with van der Waals surface area (Å²) >= 11 is 0. The molecule has 1 rings (SSSR count). The first-order valence-corrected chi connectivity index (χ1v) is 3.47. The van der Waals surface area contributed by atoms with Gasteiger partial charge in [-0.3, -0.25) is 4.90 Å². The fraction of sp³-hybridized carbons (Fsp3) is 0.857. The Balaban J connectivity index is 2.30. The first-order chi connectivity index (χ1) is 4.34. The molecule has 1 fully saturated rings. The number of nitrogens with zero attached hydrogens (tertiary/aromatic N) is 1. The molecule has 0 spiro atoms. The number of aliphatic hydroxyl groups is 1. The summed E-state index contributed by atoms with van der Waals surface area (Å²) in [6, 6.07) is 0.221. The Bertz CT molecular complexity index is 85.0. The second kappa shape index (κ2) is 3.18. The molecule has 1 atom stereocenters. The van der Waals surface area contributed by atoms with Gasteiger partial charge in [-0.2, -0.15) is 0 Å². The predicted octanol–water partition coefficient (Wildman–Crippen LogP) is 0.502. The normalized spacial score (nSPS) is 30.7. The van der Waals surface area contributed by atoms with Gasteiger partial charge in [-0.05, 0) is 19.4 Å². The number of hydrogen-bond acceptors (Lipinski definition) is 2. The van der Waals surface area contributed by atoms with Gasteiger partial charge in [0.2, 0.25) is 0 Å². The molecule has 2 radical (unpaired) electrons. The van der Waals surface area contributed by atoms with Crippen molar-refractivity contribution in [1.82, 2.24) is 4.90 Å². The van der Waals surface area contributed by atoms with Crippen LogP contribution in [0.15, 0.2) is 0 Å². The van der Waals surface area contributed by atoms with Crippen LogP contribution in [-0.2, 0) is 0 Å². The SMILES string of the molecule is [CH]N1CCCCC1CO. The van der Waals surface area contributed by atoms with Crippen molar-refractivity contribution in [1.29, 1.82) is 0 Å². The van der Waals surface area contributed by atoms with Crippen LogP contribution in [0.5, 0.6) is 0 Å². The van der Waals surface area contributed by atoms with Crippen LogP contribution in [0.3, 0.4) is 0 Å². The maximum absolute atomic E-state index is 8.74. The Morgan fingerprint density at radius 2 is 2.33 bits per heavy atom. The first-order valence-electron chi connectivity index (χ1n) is 3.47. The Morgan fingerprint density at radius 1 is 1.56 bits per heavy atom. The minimum atomic E-state index is 0.205. The van der Waals surface area contributed by atoms with Crippen LogP contribution in [0.25, 0.3) is 0 Å². The average Bonchev–Trinajstić information content (AvgIpc) is 1.89. The summed E-state index contributed by atoms with van der Waals surface area (Å²) in [6.45, 7) is 1.14. The summed E-state index contributed by atoms with van der Waals surface area (Å²) in [5.74, 6) is 0. The van der Waals surface area contributed by atoms with Crippen LogP contribution >= 0.6 is 0 Å². The summed E-state index contributed by atoms with van der Waals surface area (Å²) in [5.41, 5.74) is 0. The van der Waals surface area contributed by atoms with Crippen molar-refractivity contribution in [3.05, 3.63) is 7.05 Å². The molecule has 1 aliphatic heterocycles. The molecule has 1 heterocycles. The fourth-order valence-electron chi connectivity index (χ4n) is 1.22. The molecule has 9 heavy (non-hydrogen) atoms. The number of hydrogen-bond donors (Lipinski definition) is 1. The largest absolute Gasteiger partial charge is 0.395 e. The molecule has 2 heteroatoms. The van der Waals surface area contributed by atoms with Crippen molar-refractivity contribution in [3.63, 3.8) is 0 Å². The van der Waals surface area contributed by atoms with Crippen LogP contribution in [-0.4, -0.2) is 29.2 Å². The highest BCUT2D eigenvalue weighted by Gasteiger charge is 2.17. The maximum atomic E-state index is 8.74. The third-order valence-corrected chi connectivity index (χ3v) is 1.88. The summed E-state index contributed by atoms with van der Waals surface area (Å²) < 4.78 is 0. The predicted molar refractivity (Wildman–Crippen MR) is 35.7 cm³/mol. The molecule has 2 nitrogen and oxygen atoms in total. The quantitative estimate of drug-likeness (QED) is 0.554. The third kappa shape index (κ3) is 1.66. The number of aliphatic hydroxyl groups excluding tert-OH is 1. The van der Waals surface area contributed by atoms with Crippen LogP contribution < -0.4 is 0 Å². The fourth-order valence-corrected chi connectivity index (χ4v) is 1.22. The van der Waals surface area contributed by atoms with Crippen molar-refractivity contribution in [2.45, 2.75) is 25.3 Å². The molecule has 52 valence electrons. The first kappa shape index (κ1) is 7.03. The van der Waals surface area contributed by atoms with Crippen LogP contribution in [0.2, 0.25) is 0 Å². The van der Waals surface area contributed by atoms with E-state index in [0.29, 0.717) is 0 Å². The zero-order valence-corrected chi connectivity index (χ0v) is 5.58. The number of rotatable bonds is 1. The molecular weight excluding hydrogens is 114 g/mol. The lowest BCUT2D eigenvalue weighted by molar-refractivity contribution is 0.128. The van der Waals surface area contributed by atoms with Gasteiger partial charge in [0.1, 0.15) is 0 Å². The molecule has 1 aliphatic rings. The minimum Gasteiger partial charge on any atom is -0.395 e. The van der Waals surface area contributed by atoms with Gasteiger partial charge in [0.25, 0.3) is 0 Å². The molecule has 0 aliphatic carbocycles. The standard InChI is InChI=1S/C7H13NO/c1-8-5-3-2-4-7(8)6-9/h1,7,9H,2-6H2. The van der Waals surface area contributed by atoms with Crippen molar-refractivity contribution in [3.8, 4) is 0 Å². The number of piperidine rings is 1. The molecule has 0 bridgehead atoms. The van der Waals surface area contributed by atoms with E-state index in [9.17, 15) is 0 Å². The zero-order chi connectivity index (χ0) is 6.69. The van der Waals surface area contributed by atoms with Gasteiger partial charge < -0.3 is 5.11 Å². The van der Waals surface area contributed by atoms with E-state index in [0.717, 1.165) is 13.0 Å². The van der Waals surface area contributed by atoms with E-state index in [4.69, 9.17) is 12.2 Å². The van der Waals surface area contributed by atoms with E-state index in [-0.39, 0.29) is 12.6 Å².